The Morgan fingerprint density at radius 3 is 2.78 bits per heavy atom. The second-order valence-electron chi connectivity index (χ2n) is 6.41. The SMILES string of the molecule is O=C(Cn1c(=O)oc2ccccc21)NCC(c1ccco1)N1CCSCC1. The maximum absolute atomic E-state index is 12.5. The number of oxazole rings is 1. The van der Waals surface area contributed by atoms with Crippen LogP contribution >= 0.6 is 11.8 Å². The van der Waals surface area contributed by atoms with Crippen LogP contribution in [-0.4, -0.2) is 46.5 Å². The molecule has 0 aliphatic carbocycles. The number of para-hydroxylation sites is 2. The van der Waals surface area contributed by atoms with Gasteiger partial charge < -0.3 is 14.2 Å². The van der Waals surface area contributed by atoms with E-state index in [0.29, 0.717) is 17.6 Å². The van der Waals surface area contributed by atoms with Crippen LogP contribution in [0.15, 0.2) is 56.3 Å². The van der Waals surface area contributed by atoms with Gasteiger partial charge in [0.15, 0.2) is 5.58 Å². The summed E-state index contributed by atoms with van der Waals surface area (Å²) in [5.41, 5.74) is 1.10. The van der Waals surface area contributed by atoms with Gasteiger partial charge in [-0.05, 0) is 24.3 Å². The van der Waals surface area contributed by atoms with Crippen LogP contribution in [0.5, 0.6) is 0 Å². The third kappa shape index (κ3) is 3.96. The van der Waals surface area contributed by atoms with Crippen LogP contribution in [0.4, 0.5) is 0 Å². The van der Waals surface area contributed by atoms with Gasteiger partial charge in [-0.3, -0.25) is 14.3 Å². The van der Waals surface area contributed by atoms with Crippen molar-refractivity contribution in [2.75, 3.05) is 31.1 Å². The molecule has 1 aliphatic heterocycles. The van der Waals surface area contributed by atoms with Gasteiger partial charge in [0.2, 0.25) is 5.91 Å². The second-order valence-corrected chi connectivity index (χ2v) is 7.63. The summed E-state index contributed by atoms with van der Waals surface area (Å²) in [5, 5.41) is 2.95. The van der Waals surface area contributed by atoms with Crippen molar-refractivity contribution in [1.82, 2.24) is 14.8 Å². The normalized spacial score (nSPS) is 16.4. The number of rotatable bonds is 6. The van der Waals surface area contributed by atoms with E-state index in [4.69, 9.17) is 8.83 Å². The molecule has 3 heterocycles. The Hall–Kier alpha value is -2.45. The van der Waals surface area contributed by atoms with E-state index < -0.39 is 5.76 Å². The Balaban J connectivity index is 1.45. The third-order valence-corrected chi connectivity index (χ3v) is 5.67. The summed E-state index contributed by atoms with van der Waals surface area (Å²) in [6.07, 6.45) is 1.65. The van der Waals surface area contributed by atoms with Gasteiger partial charge in [0, 0.05) is 31.1 Å². The van der Waals surface area contributed by atoms with E-state index in [1.807, 2.05) is 30.0 Å². The third-order valence-electron chi connectivity index (χ3n) is 4.73. The Morgan fingerprint density at radius 2 is 2.00 bits per heavy atom. The molecule has 1 unspecified atom stereocenters. The summed E-state index contributed by atoms with van der Waals surface area (Å²) in [4.78, 5) is 26.9. The van der Waals surface area contributed by atoms with Gasteiger partial charge in [0.25, 0.3) is 0 Å². The predicted octanol–water partition coefficient (Wildman–Crippen LogP) is 2.09. The van der Waals surface area contributed by atoms with Crippen LogP contribution in [-0.2, 0) is 11.3 Å². The standard InChI is InChI=1S/C19H21N3O4S/c23-18(13-22-14-4-1-2-5-17(14)26-19(22)24)20-12-15(16-6-3-9-25-16)21-7-10-27-11-8-21/h1-6,9,15H,7-8,10-13H2,(H,20,23). The monoisotopic (exact) mass is 387 g/mol. The number of carbonyl (C=O) groups excluding carboxylic acids is 1. The number of benzene rings is 1. The number of fused-ring (bicyclic) bond motifs is 1. The number of aromatic nitrogens is 1. The maximum Gasteiger partial charge on any atom is 0.420 e. The molecule has 4 rings (SSSR count). The quantitative estimate of drug-likeness (QED) is 0.698. The lowest BCUT2D eigenvalue weighted by Crippen LogP contribution is -2.42. The fraction of sp³-hybridized carbons (Fsp3) is 0.368. The van der Waals surface area contributed by atoms with Gasteiger partial charge in [0.1, 0.15) is 12.3 Å². The summed E-state index contributed by atoms with van der Waals surface area (Å²) in [6, 6.07) is 10.9. The largest absolute Gasteiger partial charge is 0.468 e. The second kappa shape index (κ2) is 8.06. The summed E-state index contributed by atoms with van der Waals surface area (Å²) < 4.78 is 12.1. The summed E-state index contributed by atoms with van der Waals surface area (Å²) in [7, 11) is 0. The first kappa shape index (κ1) is 17.9. The molecule has 1 aliphatic rings. The molecule has 7 nitrogen and oxygen atoms in total. The molecule has 1 atom stereocenters. The zero-order valence-corrected chi connectivity index (χ0v) is 15.6. The number of hydrogen-bond acceptors (Lipinski definition) is 6. The predicted molar refractivity (Wildman–Crippen MR) is 104 cm³/mol. The molecular weight excluding hydrogens is 366 g/mol. The highest BCUT2D eigenvalue weighted by molar-refractivity contribution is 7.99. The molecule has 1 amide bonds. The Morgan fingerprint density at radius 1 is 1.19 bits per heavy atom. The lowest BCUT2D eigenvalue weighted by molar-refractivity contribution is -0.122. The fourth-order valence-corrected chi connectivity index (χ4v) is 4.28. The number of thioether (sulfide) groups is 1. The molecule has 3 aromatic rings. The van der Waals surface area contributed by atoms with Crippen LogP contribution < -0.4 is 11.1 Å². The molecule has 142 valence electrons. The van der Waals surface area contributed by atoms with Gasteiger partial charge in [-0.2, -0.15) is 11.8 Å². The topological polar surface area (TPSA) is 80.6 Å². The lowest BCUT2D eigenvalue weighted by atomic mass is 10.2. The van der Waals surface area contributed by atoms with Crippen molar-refractivity contribution < 1.29 is 13.6 Å². The van der Waals surface area contributed by atoms with Crippen LogP contribution in [0.1, 0.15) is 11.8 Å². The minimum absolute atomic E-state index is 0.0114. The molecule has 1 aromatic carbocycles. The van der Waals surface area contributed by atoms with Crippen LogP contribution in [0.25, 0.3) is 11.1 Å². The first-order valence-corrected chi connectivity index (χ1v) is 10.1. The molecule has 0 bridgehead atoms. The molecule has 0 radical (unpaired) electrons. The first-order valence-electron chi connectivity index (χ1n) is 8.92. The molecule has 0 spiro atoms. The molecule has 1 saturated heterocycles. The number of hydrogen-bond donors (Lipinski definition) is 1. The highest BCUT2D eigenvalue weighted by atomic mass is 32.2. The molecule has 1 fully saturated rings. The zero-order chi connectivity index (χ0) is 18.6. The van der Waals surface area contributed by atoms with Gasteiger partial charge in [-0.15, -0.1) is 0 Å². The molecule has 8 heteroatoms. The van der Waals surface area contributed by atoms with E-state index in [0.717, 1.165) is 30.4 Å². The van der Waals surface area contributed by atoms with Crippen molar-refractivity contribution in [3.8, 4) is 0 Å². The molecular formula is C19H21N3O4S. The van der Waals surface area contributed by atoms with Crippen molar-refractivity contribution in [1.29, 1.82) is 0 Å². The number of amides is 1. The van der Waals surface area contributed by atoms with Crippen molar-refractivity contribution in [2.45, 2.75) is 12.6 Å². The Kier molecular flexibility index (Phi) is 5.35. The fourth-order valence-electron chi connectivity index (χ4n) is 3.35. The summed E-state index contributed by atoms with van der Waals surface area (Å²) in [5.74, 6) is 2.23. The van der Waals surface area contributed by atoms with E-state index in [1.165, 1.54) is 4.57 Å². The Bertz CT molecular complexity index is 957. The van der Waals surface area contributed by atoms with E-state index in [2.05, 4.69) is 10.2 Å². The van der Waals surface area contributed by atoms with Crippen molar-refractivity contribution in [3.63, 3.8) is 0 Å². The highest BCUT2D eigenvalue weighted by Crippen LogP contribution is 2.24. The lowest BCUT2D eigenvalue weighted by Gasteiger charge is -2.33. The van der Waals surface area contributed by atoms with E-state index in [-0.39, 0.29) is 18.5 Å². The molecule has 1 N–H and O–H groups in total. The van der Waals surface area contributed by atoms with Crippen LogP contribution in [0, 0.1) is 0 Å². The van der Waals surface area contributed by atoms with Crippen LogP contribution in [0.2, 0.25) is 0 Å². The van der Waals surface area contributed by atoms with Crippen LogP contribution in [0.3, 0.4) is 0 Å². The number of furan rings is 1. The van der Waals surface area contributed by atoms with E-state index in [1.54, 1.807) is 24.5 Å². The maximum atomic E-state index is 12.5. The van der Waals surface area contributed by atoms with Crippen molar-refractivity contribution in [2.24, 2.45) is 0 Å². The van der Waals surface area contributed by atoms with E-state index in [9.17, 15) is 9.59 Å². The molecule has 0 saturated carbocycles. The molecule has 2 aromatic heterocycles. The van der Waals surface area contributed by atoms with Gasteiger partial charge in [0.05, 0.1) is 17.8 Å². The van der Waals surface area contributed by atoms with Crippen molar-refractivity contribution >= 4 is 28.8 Å². The summed E-state index contributed by atoms with van der Waals surface area (Å²) in [6.45, 7) is 2.27. The van der Waals surface area contributed by atoms with Gasteiger partial charge in [-0.1, -0.05) is 12.1 Å². The number of nitrogens with one attached hydrogen (secondary N) is 1. The highest BCUT2D eigenvalue weighted by Gasteiger charge is 2.25. The zero-order valence-electron chi connectivity index (χ0n) is 14.8. The van der Waals surface area contributed by atoms with E-state index >= 15 is 0 Å². The van der Waals surface area contributed by atoms with Crippen molar-refractivity contribution in [3.05, 3.63) is 59.0 Å². The Labute approximate surface area is 160 Å². The average molecular weight is 387 g/mol. The number of carbonyl (C=O) groups is 1. The minimum atomic E-state index is -0.526. The average Bonchev–Trinajstić information content (AvgIpc) is 3.32. The van der Waals surface area contributed by atoms with Gasteiger partial charge >= 0.3 is 5.76 Å². The summed E-state index contributed by atoms with van der Waals surface area (Å²) >= 11 is 1.94. The smallest absolute Gasteiger partial charge is 0.420 e. The first-order chi connectivity index (χ1) is 13.2. The number of nitrogens with zero attached hydrogens (tertiary/aromatic N) is 2. The van der Waals surface area contributed by atoms with Gasteiger partial charge in [-0.25, -0.2) is 4.79 Å². The minimum Gasteiger partial charge on any atom is -0.468 e. The molecule has 27 heavy (non-hydrogen) atoms.